The van der Waals surface area contributed by atoms with Crippen LogP contribution in [0.5, 0.6) is 5.75 Å². The van der Waals surface area contributed by atoms with Gasteiger partial charge in [-0.1, -0.05) is 18.2 Å². The number of amides is 1. The molecule has 6 heteroatoms. The largest absolute Gasteiger partial charge is 0.494 e. The van der Waals surface area contributed by atoms with Crippen LogP contribution in [0.25, 0.3) is 0 Å². The molecule has 0 aromatic heterocycles. The Morgan fingerprint density at radius 2 is 2.00 bits per heavy atom. The van der Waals surface area contributed by atoms with Crippen LogP contribution in [-0.2, 0) is 4.79 Å². The molecule has 2 aromatic rings. The summed E-state index contributed by atoms with van der Waals surface area (Å²) in [5.41, 5.74) is 1.40. The molecule has 5 nitrogen and oxygen atoms in total. The van der Waals surface area contributed by atoms with Crippen molar-refractivity contribution in [1.29, 1.82) is 0 Å². The fourth-order valence-electron chi connectivity index (χ4n) is 2.76. The number of methoxy groups -OCH3 is 1. The van der Waals surface area contributed by atoms with Crippen molar-refractivity contribution in [2.75, 3.05) is 18.6 Å². The molecule has 0 radical (unpaired) electrons. The highest BCUT2D eigenvalue weighted by atomic mass is 19.1. The van der Waals surface area contributed by atoms with Gasteiger partial charge in [-0.05, 0) is 29.8 Å². The third kappa shape index (κ3) is 2.52. The Balaban J connectivity index is 1.99. The van der Waals surface area contributed by atoms with E-state index in [1.165, 1.54) is 24.1 Å². The third-order valence-electron chi connectivity index (χ3n) is 3.91. The Morgan fingerprint density at radius 1 is 1.26 bits per heavy atom. The Hall–Kier alpha value is -2.89. The summed E-state index contributed by atoms with van der Waals surface area (Å²) < 4.78 is 18.4. The number of carbonyl (C=O) groups is 2. The molecule has 1 aliphatic rings. The van der Waals surface area contributed by atoms with Gasteiger partial charge in [0.15, 0.2) is 11.6 Å². The summed E-state index contributed by atoms with van der Waals surface area (Å²) in [6.07, 6.45) is 0. The van der Waals surface area contributed by atoms with Crippen molar-refractivity contribution in [3.8, 4) is 5.75 Å². The zero-order valence-corrected chi connectivity index (χ0v) is 12.3. The van der Waals surface area contributed by atoms with Gasteiger partial charge in [-0.15, -0.1) is 0 Å². The molecule has 0 spiro atoms. The molecule has 0 unspecified atom stereocenters. The number of para-hydroxylation sites is 1. The van der Waals surface area contributed by atoms with Crippen LogP contribution >= 0.6 is 0 Å². The van der Waals surface area contributed by atoms with E-state index in [4.69, 9.17) is 4.74 Å². The van der Waals surface area contributed by atoms with Gasteiger partial charge in [0.05, 0.1) is 7.11 Å². The van der Waals surface area contributed by atoms with E-state index in [-0.39, 0.29) is 23.8 Å². The van der Waals surface area contributed by atoms with Crippen LogP contribution in [0.15, 0.2) is 42.5 Å². The maximum atomic E-state index is 13.5. The van der Waals surface area contributed by atoms with Crippen molar-refractivity contribution < 1.29 is 23.8 Å². The number of carboxylic acids is 1. The number of carbonyl (C=O) groups excluding carboxylic acids is 1. The van der Waals surface area contributed by atoms with Gasteiger partial charge in [0.25, 0.3) is 5.91 Å². The lowest BCUT2D eigenvalue weighted by atomic mass is 10.0. The zero-order chi connectivity index (χ0) is 16.6. The molecule has 1 amide bonds. The van der Waals surface area contributed by atoms with Crippen molar-refractivity contribution in [2.24, 2.45) is 0 Å². The number of carboxylic acid groups (broad SMARTS) is 1. The molecule has 1 atom stereocenters. The molecule has 0 saturated carbocycles. The van der Waals surface area contributed by atoms with Gasteiger partial charge in [0.1, 0.15) is 5.92 Å². The van der Waals surface area contributed by atoms with E-state index >= 15 is 0 Å². The molecule has 0 aliphatic carbocycles. The summed E-state index contributed by atoms with van der Waals surface area (Å²) >= 11 is 0. The Morgan fingerprint density at radius 3 is 2.70 bits per heavy atom. The predicted molar refractivity (Wildman–Crippen MR) is 81.4 cm³/mol. The van der Waals surface area contributed by atoms with E-state index in [9.17, 15) is 19.1 Å². The minimum Gasteiger partial charge on any atom is -0.494 e. The van der Waals surface area contributed by atoms with Crippen LogP contribution in [-0.4, -0.2) is 30.6 Å². The fourth-order valence-corrected chi connectivity index (χ4v) is 2.76. The Kier molecular flexibility index (Phi) is 3.73. The van der Waals surface area contributed by atoms with Gasteiger partial charge in [0, 0.05) is 17.8 Å². The first-order valence-electron chi connectivity index (χ1n) is 7.00. The first kappa shape index (κ1) is 15.0. The highest BCUT2D eigenvalue weighted by Gasteiger charge is 2.36. The first-order valence-corrected chi connectivity index (χ1v) is 7.00. The lowest BCUT2D eigenvalue weighted by Gasteiger charge is -2.18. The van der Waals surface area contributed by atoms with Crippen LogP contribution in [0, 0.1) is 5.82 Å². The van der Waals surface area contributed by atoms with Gasteiger partial charge >= 0.3 is 5.97 Å². The number of halogens is 1. The number of fused-ring (bicyclic) bond motifs is 1. The summed E-state index contributed by atoms with van der Waals surface area (Å²) in [6.45, 7) is 0.0488. The molecular weight excluding hydrogens is 301 g/mol. The summed E-state index contributed by atoms with van der Waals surface area (Å²) in [7, 11) is 1.32. The van der Waals surface area contributed by atoms with Crippen LogP contribution in [0.2, 0.25) is 0 Å². The predicted octanol–water partition coefficient (Wildman–Crippen LogP) is 2.66. The molecule has 1 N–H and O–H groups in total. The SMILES string of the molecule is COc1cc(C(=O)N2C[C@H](C(=O)O)c3ccccc32)ccc1F. The molecule has 23 heavy (non-hydrogen) atoms. The van der Waals surface area contributed by atoms with E-state index in [1.807, 2.05) is 0 Å². The molecule has 0 saturated heterocycles. The number of aliphatic carboxylic acids is 1. The monoisotopic (exact) mass is 315 g/mol. The molecule has 3 rings (SSSR count). The smallest absolute Gasteiger partial charge is 0.312 e. The third-order valence-corrected chi connectivity index (χ3v) is 3.91. The average molecular weight is 315 g/mol. The first-order chi connectivity index (χ1) is 11.0. The average Bonchev–Trinajstić information content (AvgIpc) is 2.94. The van der Waals surface area contributed by atoms with Gasteiger partial charge in [0.2, 0.25) is 0 Å². The standard InChI is InChI=1S/C17H14FNO4/c1-23-15-8-10(6-7-13(15)18)16(20)19-9-12(17(21)22)11-4-2-3-5-14(11)19/h2-8,12H,9H2,1H3,(H,21,22)/t12-/m0/s1. The van der Waals surface area contributed by atoms with E-state index < -0.39 is 17.7 Å². The molecule has 2 aromatic carbocycles. The molecule has 1 heterocycles. The van der Waals surface area contributed by atoms with Crippen molar-refractivity contribution in [1.82, 2.24) is 0 Å². The van der Waals surface area contributed by atoms with Crippen molar-refractivity contribution >= 4 is 17.6 Å². The van der Waals surface area contributed by atoms with Gasteiger partial charge < -0.3 is 14.7 Å². The second-order valence-electron chi connectivity index (χ2n) is 5.21. The summed E-state index contributed by atoms with van der Waals surface area (Å²) in [5.74, 6) is -2.73. The lowest BCUT2D eigenvalue weighted by Crippen LogP contribution is -2.31. The second-order valence-corrected chi connectivity index (χ2v) is 5.21. The quantitative estimate of drug-likeness (QED) is 0.945. The highest BCUT2D eigenvalue weighted by molar-refractivity contribution is 6.09. The van der Waals surface area contributed by atoms with Crippen molar-refractivity contribution in [3.63, 3.8) is 0 Å². The number of benzene rings is 2. The van der Waals surface area contributed by atoms with E-state index in [1.54, 1.807) is 24.3 Å². The van der Waals surface area contributed by atoms with E-state index in [2.05, 4.69) is 0 Å². The number of rotatable bonds is 3. The Labute approximate surface area is 131 Å². The van der Waals surface area contributed by atoms with Gasteiger partial charge in [-0.3, -0.25) is 9.59 Å². The highest BCUT2D eigenvalue weighted by Crippen LogP contribution is 2.37. The number of anilines is 1. The number of hydrogen-bond acceptors (Lipinski definition) is 3. The zero-order valence-electron chi connectivity index (χ0n) is 12.3. The van der Waals surface area contributed by atoms with Crippen LogP contribution in [0.1, 0.15) is 21.8 Å². The normalized spacial score (nSPS) is 16.1. The van der Waals surface area contributed by atoms with Crippen LogP contribution in [0.4, 0.5) is 10.1 Å². The summed E-state index contributed by atoms with van der Waals surface area (Å²) in [6, 6.07) is 10.7. The van der Waals surface area contributed by atoms with Crippen LogP contribution in [0.3, 0.4) is 0 Å². The van der Waals surface area contributed by atoms with Crippen molar-refractivity contribution in [3.05, 3.63) is 59.4 Å². The van der Waals surface area contributed by atoms with Crippen LogP contribution < -0.4 is 9.64 Å². The maximum absolute atomic E-state index is 13.5. The summed E-state index contributed by atoms with van der Waals surface area (Å²) in [5, 5.41) is 9.34. The number of hydrogen-bond donors (Lipinski definition) is 1. The Bertz CT molecular complexity index is 790. The molecule has 1 aliphatic heterocycles. The maximum Gasteiger partial charge on any atom is 0.312 e. The number of ether oxygens (including phenoxy) is 1. The minimum atomic E-state index is -0.982. The minimum absolute atomic E-state index is 0.0295. The molecule has 0 bridgehead atoms. The van der Waals surface area contributed by atoms with Gasteiger partial charge in [-0.25, -0.2) is 4.39 Å². The van der Waals surface area contributed by atoms with Gasteiger partial charge in [-0.2, -0.15) is 0 Å². The topological polar surface area (TPSA) is 66.8 Å². The fraction of sp³-hybridized carbons (Fsp3) is 0.176. The molecule has 0 fully saturated rings. The van der Waals surface area contributed by atoms with E-state index in [0.717, 1.165) is 6.07 Å². The summed E-state index contributed by atoms with van der Waals surface area (Å²) in [4.78, 5) is 25.5. The molecular formula is C17H14FNO4. The number of nitrogens with zero attached hydrogens (tertiary/aromatic N) is 1. The molecule has 118 valence electrons. The van der Waals surface area contributed by atoms with Crippen molar-refractivity contribution in [2.45, 2.75) is 5.92 Å². The van der Waals surface area contributed by atoms with E-state index in [0.29, 0.717) is 11.3 Å². The lowest BCUT2D eigenvalue weighted by molar-refractivity contribution is -0.138. The second kappa shape index (κ2) is 5.72.